The molecule has 1 rings (SSSR count). The zero-order valence-electron chi connectivity index (χ0n) is 12.2. The smallest absolute Gasteiger partial charge is 0.407 e. The van der Waals surface area contributed by atoms with Gasteiger partial charge in [-0.2, -0.15) is 0 Å². The van der Waals surface area contributed by atoms with Crippen LogP contribution in [-0.4, -0.2) is 54.6 Å². The zero-order chi connectivity index (χ0) is 14.8. The summed E-state index contributed by atoms with van der Waals surface area (Å²) in [6.07, 6.45) is 1.26. The van der Waals surface area contributed by atoms with Crippen molar-refractivity contribution in [3.8, 4) is 0 Å². The minimum Gasteiger partial charge on any atom is -0.443 e. The number of ether oxygens (including phenoxy) is 3. The van der Waals surface area contributed by atoms with Gasteiger partial charge in [0, 0.05) is 19.7 Å². The van der Waals surface area contributed by atoms with E-state index in [0.29, 0.717) is 32.1 Å². The van der Waals surface area contributed by atoms with Gasteiger partial charge in [0.1, 0.15) is 12.3 Å². The van der Waals surface area contributed by atoms with Gasteiger partial charge in [-0.15, -0.1) is 5.10 Å². The highest BCUT2D eigenvalue weighted by Crippen LogP contribution is 2.03. The Kier molecular flexibility index (Phi) is 7.59. The molecule has 0 aromatic carbocycles. The topological polar surface area (TPSA) is 87.5 Å². The van der Waals surface area contributed by atoms with E-state index in [0.717, 1.165) is 0 Å². The van der Waals surface area contributed by atoms with Crippen LogP contribution in [0.3, 0.4) is 0 Å². The van der Waals surface area contributed by atoms with Gasteiger partial charge in [0.25, 0.3) is 0 Å². The average Bonchev–Trinajstić information content (AvgIpc) is 2.89. The zero-order valence-corrected chi connectivity index (χ0v) is 12.2. The molecule has 20 heavy (non-hydrogen) atoms. The van der Waals surface area contributed by atoms with E-state index in [4.69, 9.17) is 14.2 Å². The van der Waals surface area contributed by atoms with Crippen LogP contribution in [0.4, 0.5) is 4.79 Å². The minimum absolute atomic E-state index is 0.100. The first-order chi connectivity index (χ1) is 9.63. The van der Waals surface area contributed by atoms with Crippen molar-refractivity contribution in [2.75, 3.05) is 33.5 Å². The quantitative estimate of drug-likeness (QED) is 0.674. The maximum absolute atomic E-state index is 11.4. The van der Waals surface area contributed by atoms with Crippen LogP contribution in [0.5, 0.6) is 0 Å². The van der Waals surface area contributed by atoms with E-state index in [1.54, 1.807) is 18.0 Å². The van der Waals surface area contributed by atoms with E-state index in [1.165, 1.54) is 0 Å². The highest BCUT2D eigenvalue weighted by atomic mass is 16.5. The second-order valence-electron chi connectivity index (χ2n) is 4.39. The molecule has 1 heterocycles. The fraction of sp³-hybridized carbons (Fsp3) is 0.750. The third-order valence-electron chi connectivity index (χ3n) is 2.39. The molecule has 0 unspecified atom stereocenters. The van der Waals surface area contributed by atoms with E-state index in [1.807, 2.05) is 13.8 Å². The number of hydrogen-bond acceptors (Lipinski definition) is 6. The minimum atomic E-state index is -0.501. The number of carbonyl (C=O) groups is 1. The molecule has 114 valence electrons. The van der Waals surface area contributed by atoms with E-state index < -0.39 is 6.09 Å². The molecule has 1 aromatic rings. The van der Waals surface area contributed by atoms with Gasteiger partial charge in [-0.3, -0.25) is 0 Å². The van der Waals surface area contributed by atoms with Crippen LogP contribution in [0.25, 0.3) is 0 Å². The number of methoxy groups -OCH3 is 1. The summed E-state index contributed by atoms with van der Waals surface area (Å²) in [4.78, 5) is 11.4. The largest absolute Gasteiger partial charge is 0.443 e. The van der Waals surface area contributed by atoms with E-state index in [-0.39, 0.29) is 12.6 Å². The number of alkyl carbamates (subject to hydrolysis) is 1. The highest BCUT2D eigenvalue weighted by molar-refractivity contribution is 5.66. The number of hydrogen-bond donors (Lipinski definition) is 1. The van der Waals surface area contributed by atoms with Crippen LogP contribution in [0.1, 0.15) is 25.6 Å². The normalized spacial score (nSPS) is 10.8. The van der Waals surface area contributed by atoms with Gasteiger partial charge in [-0.1, -0.05) is 5.21 Å². The third-order valence-corrected chi connectivity index (χ3v) is 2.39. The molecule has 0 radical (unpaired) electrons. The van der Waals surface area contributed by atoms with Crippen molar-refractivity contribution in [1.29, 1.82) is 0 Å². The molecule has 0 saturated carbocycles. The van der Waals surface area contributed by atoms with Crippen LogP contribution < -0.4 is 5.32 Å². The van der Waals surface area contributed by atoms with E-state index in [2.05, 4.69) is 15.6 Å². The van der Waals surface area contributed by atoms with Gasteiger partial charge in [0.2, 0.25) is 0 Å². The van der Waals surface area contributed by atoms with Crippen molar-refractivity contribution >= 4 is 6.09 Å². The Morgan fingerprint density at radius 2 is 2.20 bits per heavy atom. The maximum atomic E-state index is 11.4. The number of rotatable bonds is 9. The summed E-state index contributed by atoms with van der Waals surface area (Å²) < 4.78 is 16.7. The molecule has 1 aromatic heterocycles. The Bertz CT molecular complexity index is 395. The lowest BCUT2D eigenvalue weighted by Crippen LogP contribution is -2.28. The van der Waals surface area contributed by atoms with Crippen molar-refractivity contribution in [2.24, 2.45) is 0 Å². The van der Waals surface area contributed by atoms with Crippen LogP contribution in [0.2, 0.25) is 0 Å². The highest BCUT2D eigenvalue weighted by Gasteiger charge is 2.06. The molecule has 0 bridgehead atoms. The summed E-state index contributed by atoms with van der Waals surface area (Å²) in [5.74, 6) is 0. The monoisotopic (exact) mass is 286 g/mol. The molecule has 0 aliphatic heterocycles. The van der Waals surface area contributed by atoms with E-state index >= 15 is 0 Å². The lowest BCUT2D eigenvalue weighted by Gasteiger charge is -2.06. The summed E-state index contributed by atoms with van der Waals surface area (Å²) in [5.41, 5.74) is 0.616. The van der Waals surface area contributed by atoms with Gasteiger partial charge in [0.05, 0.1) is 26.0 Å². The Balaban J connectivity index is 2.10. The fourth-order valence-electron chi connectivity index (χ4n) is 1.29. The molecule has 1 amide bonds. The summed E-state index contributed by atoms with van der Waals surface area (Å²) in [6, 6.07) is 0.231. The number of carbonyl (C=O) groups excluding carboxylic acids is 1. The average molecular weight is 286 g/mol. The van der Waals surface area contributed by atoms with Crippen LogP contribution >= 0.6 is 0 Å². The molecule has 0 saturated heterocycles. The second kappa shape index (κ2) is 9.27. The van der Waals surface area contributed by atoms with Crippen molar-refractivity contribution < 1.29 is 19.0 Å². The maximum Gasteiger partial charge on any atom is 0.407 e. The summed E-state index contributed by atoms with van der Waals surface area (Å²) in [7, 11) is 1.61. The first-order valence-corrected chi connectivity index (χ1v) is 6.51. The molecule has 0 spiro atoms. The van der Waals surface area contributed by atoms with Gasteiger partial charge < -0.3 is 19.5 Å². The molecule has 1 N–H and O–H groups in total. The molecule has 0 aliphatic carbocycles. The number of amides is 1. The third kappa shape index (κ3) is 6.48. The first kappa shape index (κ1) is 16.4. The van der Waals surface area contributed by atoms with Crippen LogP contribution in [-0.2, 0) is 20.8 Å². The van der Waals surface area contributed by atoms with Crippen LogP contribution in [0.15, 0.2) is 6.20 Å². The molecule has 8 heteroatoms. The lowest BCUT2D eigenvalue weighted by molar-refractivity contribution is 0.0702. The van der Waals surface area contributed by atoms with Crippen LogP contribution in [0, 0.1) is 0 Å². The standard InChI is InChI=1S/C12H22N4O4/c1-10(2)16-8-11(14-15-16)9-20-12(17)13-4-5-19-7-6-18-3/h8,10H,4-7,9H2,1-3H3,(H,13,17). The Morgan fingerprint density at radius 1 is 1.40 bits per heavy atom. The van der Waals surface area contributed by atoms with Crippen molar-refractivity contribution in [3.63, 3.8) is 0 Å². The number of aromatic nitrogens is 3. The molecular formula is C12H22N4O4. The number of nitrogens with zero attached hydrogens (tertiary/aromatic N) is 3. The van der Waals surface area contributed by atoms with Gasteiger partial charge >= 0.3 is 6.09 Å². The summed E-state index contributed by atoms with van der Waals surface area (Å²) >= 11 is 0. The van der Waals surface area contributed by atoms with Gasteiger partial charge in [-0.25, -0.2) is 9.48 Å². The van der Waals surface area contributed by atoms with Crippen molar-refractivity contribution in [2.45, 2.75) is 26.5 Å². The predicted octanol–water partition coefficient (Wildman–Crippen LogP) is 0.748. The Hall–Kier alpha value is -1.67. The molecule has 8 nitrogen and oxygen atoms in total. The molecular weight excluding hydrogens is 264 g/mol. The van der Waals surface area contributed by atoms with Crippen molar-refractivity contribution in [1.82, 2.24) is 20.3 Å². The summed E-state index contributed by atoms with van der Waals surface area (Å²) in [6.45, 7) is 5.94. The number of nitrogens with one attached hydrogen (secondary N) is 1. The summed E-state index contributed by atoms with van der Waals surface area (Å²) in [5, 5.41) is 10.4. The van der Waals surface area contributed by atoms with E-state index in [9.17, 15) is 4.79 Å². The second-order valence-corrected chi connectivity index (χ2v) is 4.39. The Labute approximate surface area is 118 Å². The first-order valence-electron chi connectivity index (χ1n) is 6.51. The predicted molar refractivity (Wildman–Crippen MR) is 71.3 cm³/mol. The van der Waals surface area contributed by atoms with Crippen molar-refractivity contribution in [3.05, 3.63) is 11.9 Å². The Morgan fingerprint density at radius 3 is 2.85 bits per heavy atom. The van der Waals surface area contributed by atoms with Gasteiger partial charge in [0.15, 0.2) is 0 Å². The lowest BCUT2D eigenvalue weighted by atomic mass is 10.4. The SMILES string of the molecule is COCCOCCNC(=O)OCc1cn(C(C)C)nn1. The van der Waals surface area contributed by atoms with Gasteiger partial charge in [-0.05, 0) is 13.8 Å². The molecule has 0 fully saturated rings. The molecule has 0 aliphatic rings. The fourth-order valence-corrected chi connectivity index (χ4v) is 1.29. The molecule has 0 atom stereocenters.